The molecule has 0 saturated carbocycles. The molecular formula is C15H18N2O3. The zero-order valence-corrected chi connectivity index (χ0v) is 11.5. The van der Waals surface area contributed by atoms with Gasteiger partial charge < -0.3 is 14.4 Å². The number of rotatable bonds is 3. The van der Waals surface area contributed by atoms with E-state index in [1.807, 2.05) is 6.07 Å². The van der Waals surface area contributed by atoms with Crippen LogP contribution in [0.1, 0.15) is 42.0 Å². The topological polar surface area (TPSA) is 64.3 Å². The second-order valence-electron chi connectivity index (χ2n) is 5.07. The molecule has 0 atom stereocenters. The minimum atomic E-state index is -0.897. The number of imidazole rings is 1. The largest absolute Gasteiger partial charge is 0.478 e. The Hall–Kier alpha value is -1.88. The van der Waals surface area contributed by atoms with Crippen molar-refractivity contribution in [1.29, 1.82) is 0 Å². The van der Waals surface area contributed by atoms with Gasteiger partial charge in [0, 0.05) is 25.7 Å². The molecule has 0 radical (unpaired) electrons. The number of benzene rings is 1. The summed E-state index contributed by atoms with van der Waals surface area (Å²) < 4.78 is 7.54. The molecule has 1 aliphatic rings. The smallest absolute Gasteiger partial charge is 0.337 e. The molecule has 1 fully saturated rings. The lowest BCUT2D eigenvalue weighted by molar-refractivity contribution is 0.0686. The Labute approximate surface area is 117 Å². The summed E-state index contributed by atoms with van der Waals surface area (Å²) in [7, 11) is 0. The number of para-hydroxylation sites is 1. The number of hydrogen-bond acceptors (Lipinski definition) is 3. The molecule has 1 aromatic heterocycles. The van der Waals surface area contributed by atoms with Crippen molar-refractivity contribution in [2.24, 2.45) is 0 Å². The van der Waals surface area contributed by atoms with Crippen molar-refractivity contribution in [3.05, 3.63) is 29.6 Å². The van der Waals surface area contributed by atoms with Crippen LogP contribution in [0.25, 0.3) is 11.0 Å². The van der Waals surface area contributed by atoms with Crippen molar-refractivity contribution in [2.45, 2.75) is 32.2 Å². The molecule has 2 heterocycles. The van der Waals surface area contributed by atoms with Crippen molar-refractivity contribution in [1.82, 2.24) is 9.55 Å². The zero-order chi connectivity index (χ0) is 14.1. The van der Waals surface area contributed by atoms with Crippen molar-refractivity contribution in [3.63, 3.8) is 0 Å². The van der Waals surface area contributed by atoms with Crippen LogP contribution in [0.15, 0.2) is 18.2 Å². The predicted molar refractivity (Wildman–Crippen MR) is 75.2 cm³/mol. The van der Waals surface area contributed by atoms with Crippen LogP contribution in [0.5, 0.6) is 0 Å². The predicted octanol–water partition coefficient (Wildman–Crippen LogP) is 2.65. The fourth-order valence-corrected chi connectivity index (χ4v) is 2.96. The van der Waals surface area contributed by atoms with Crippen molar-refractivity contribution < 1.29 is 14.6 Å². The summed E-state index contributed by atoms with van der Waals surface area (Å²) >= 11 is 0. The van der Waals surface area contributed by atoms with Gasteiger partial charge in [0.25, 0.3) is 0 Å². The van der Waals surface area contributed by atoms with Gasteiger partial charge in [0.15, 0.2) is 0 Å². The zero-order valence-electron chi connectivity index (χ0n) is 11.5. The van der Waals surface area contributed by atoms with Crippen molar-refractivity contribution >= 4 is 17.0 Å². The van der Waals surface area contributed by atoms with Gasteiger partial charge in [0.1, 0.15) is 5.82 Å². The molecule has 5 nitrogen and oxygen atoms in total. The van der Waals surface area contributed by atoms with Gasteiger partial charge in [-0.3, -0.25) is 0 Å². The van der Waals surface area contributed by atoms with Crippen LogP contribution in [0.4, 0.5) is 0 Å². The molecule has 20 heavy (non-hydrogen) atoms. The fourth-order valence-electron chi connectivity index (χ4n) is 2.96. The van der Waals surface area contributed by atoms with Crippen LogP contribution in [-0.4, -0.2) is 33.8 Å². The third kappa shape index (κ3) is 2.08. The molecule has 106 valence electrons. The monoisotopic (exact) mass is 274 g/mol. The lowest BCUT2D eigenvalue weighted by atomic mass is 10.1. The van der Waals surface area contributed by atoms with E-state index in [1.165, 1.54) is 0 Å². The maximum absolute atomic E-state index is 11.5. The molecule has 2 aromatic rings. The van der Waals surface area contributed by atoms with Crippen molar-refractivity contribution in [2.75, 3.05) is 13.2 Å². The average molecular weight is 274 g/mol. The molecule has 1 aliphatic heterocycles. The number of hydrogen-bond donors (Lipinski definition) is 1. The van der Waals surface area contributed by atoms with Gasteiger partial charge >= 0.3 is 5.97 Å². The van der Waals surface area contributed by atoms with Gasteiger partial charge in [-0.25, -0.2) is 9.78 Å². The molecule has 0 bridgehead atoms. The summed E-state index contributed by atoms with van der Waals surface area (Å²) in [5.41, 5.74) is 1.86. The molecule has 5 heteroatoms. The number of fused-ring (bicyclic) bond motifs is 1. The van der Waals surface area contributed by atoms with Gasteiger partial charge in [-0.05, 0) is 25.0 Å². The van der Waals surface area contributed by atoms with E-state index in [0.29, 0.717) is 5.56 Å². The summed E-state index contributed by atoms with van der Waals surface area (Å²) in [5, 5.41) is 9.42. The molecule has 3 rings (SSSR count). The molecular weight excluding hydrogens is 256 g/mol. The van der Waals surface area contributed by atoms with Gasteiger partial charge in [-0.15, -0.1) is 0 Å². The van der Waals surface area contributed by atoms with Gasteiger partial charge in [-0.1, -0.05) is 13.0 Å². The van der Waals surface area contributed by atoms with Gasteiger partial charge in [0.2, 0.25) is 0 Å². The third-order valence-corrected chi connectivity index (χ3v) is 3.89. The summed E-state index contributed by atoms with van der Waals surface area (Å²) in [5.74, 6) is 0.0621. The number of nitrogens with zero attached hydrogens (tertiary/aromatic N) is 2. The summed E-state index contributed by atoms with van der Waals surface area (Å²) in [6.45, 7) is 3.50. The van der Waals surface area contributed by atoms with E-state index < -0.39 is 5.97 Å². The Morgan fingerprint density at radius 3 is 2.85 bits per heavy atom. The van der Waals surface area contributed by atoms with Crippen LogP contribution >= 0.6 is 0 Å². The molecule has 0 amide bonds. The maximum atomic E-state index is 11.5. The molecule has 1 saturated heterocycles. The van der Waals surface area contributed by atoms with E-state index in [-0.39, 0.29) is 6.04 Å². The molecule has 0 spiro atoms. The van der Waals surface area contributed by atoms with E-state index in [1.54, 1.807) is 12.1 Å². The van der Waals surface area contributed by atoms with Gasteiger partial charge in [-0.2, -0.15) is 0 Å². The Bertz CT molecular complexity index is 642. The number of carbonyl (C=O) groups is 1. The van der Waals surface area contributed by atoms with Gasteiger partial charge in [0.05, 0.1) is 16.6 Å². The van der Waals surface area contributed by atoms with E-state index in [4.69, 9.17) is 4.74 Å². The first-order chi connectivity index (χ1) is 9.72. The highest BCUT2D eigenvalue weighted by Crippen LogP contribution is 2.30. The second-order valence-corrected chi connectivity index (χ2v) is 5.07. The average Bonchev–Trinajstić information content (AvgIpc) is 2.86. The number of aromatic nitrogens is 2. The molecule has 1 N–H and O–H groups in total. The Balaban J connectivity index is 2.23. The number of aromatic carboxylic acids is 1. The second kappa shape index (κ2) is 5.25. The Morgan fingerprint density at radius 2 is 2.20 bits per heavy atom. The highest BCUT2D eigenvalue weighted by molar-refractivity contribution is 6.01. The first-order valence-electron chi connectivity index (χ1n) is 7.03. The number of carboxylic acid groups (broad SMARTS) is 1. The number of carboxylic acids is 1. The highest BCUT2D eigenvalue weighted by Gasteiger charge is 2.24. The highest BCUT2D eigenvalue weighted by atomic mass is 16.5. The maximum Gasteiger partial charge on any atom is 0.337 e. The number of ether oxygens (including phenoxy) is 1. The number of aryl methyl sites for hydroxylation is 1. The lowest BCUT2D eigenvalue weighted by Gasteiger charge is -2.26. The van der Waals surface area contributed by atoms with E-state index in [9.17, 15) is 9.90 Å². The first-order valence-corrected chi connectivity index (χ1v) is 7.03. The van der Waals surface area contributed by atoms with E-state index in [2.05, 4.69) is 16.5 Å². The Kier molecular flexibility index (Phi) is 3.44. The summed E-state index contributed by atoms with van der Waals surface area (Å²) in [6, 6.07) is 5.58. The summed E-state index contributed by atoms with van der Waals surface area (Å²) in [6.07, 6.45) is 2.62. The molecule has 0 aliphatic carbocycles. The van der Waals surface area contributed by atoms with E-state index >= 15 is 0 Å². The first kappa shape index (κ1) is 13.1. The normalized spacial score (nSPS) is 16.6. The van der Waals surface area contributed by atoms with Crippen LogP contribution in [0.3, 0.4) is 0 Å². The standard InChI is InChI=1S/C15H18N2O3/c1-2-13-16-12-5-3-4-11(15(18)19)14(12)17(13)10-6-8-20-9-7-10/h3-5,10H,2,6-9H2,1H3,(H,18,19). The Morgan fingerprint density at radius 1 is 1.45 bits per heavy atom. The van der Waals surface area contributed by atoms with Crippen LogP contribution in [-0.2, 0) is 11.2 Å². The van der Waals surface area contributed by atoms with Crippen LogP contribution in [0.2, 0.25) is 0 Å². The van der Waals surface area contributed by atoms with Crippen molar-refractivity contribution in [3.8, 4) is 0 Å². The third-order valence-electron chi connectivity index (χ3n) is 3.89. The summed E-state index contributed by atoms with van der Waals surface area (Å²) in [4.78, 5) is 16.1. The SMILES string of the molecule is CCc1nc2cccc(C(=O)O)c2n1C1CCOCC1. The minimum absolute atomic E-state index is 0.282. The molecule has 1 aromatic carbocycles. The minimum Gasteiger partial charge on any atom is -0.478 e. The lowest BCUT2D eigenvalue weighted by Crippen LogP contribution is -2.21. The molecule has 0 unspecified atom stereocenters. The quantitative estimate of drug-likeness (QED) is 0.934. The van der Waals surface area contributed by atoms with Crippen LogP contribution in [0, 0.1) is 0 Å². The van der Waals surface area contributed by atoms with Crippen LogP contribution < -0.4 is 0 Å². The van der Waals surface area contributed by atoms with E-state index in [0.717, 1.165) is 49.3 Å². The fraction of sp³-hybridized carbons (Fsp3) is 0.467.